The van der Waals surface area contributed by atoms with Gasteiger partial charge in [0, 0.05) is 28.5 Å². The lowest BCUT2D eigenvalue weighted by atomic mass is 10.0. The Bertz CT molecular complexity index is 1480. The first-order valence-corrected chi connectivity index (χ1v) is 15.5. The van der Waals surface area contributed by atoms with Gasteiger partial charge in [-0.2, -0.15) is 0 Å². The van der Waals surface area contributed by atoms with Gasteiger partial charge in [-0.3, -0.25) is 13.9 Å². The van der Waals surface area contributed by atoms with E-state index in [2.05, 4.69) is 5.32 Å². The molecule has 2 amide bonds. The first-order chi connectivity index (χ1) is 19.2. The molecule has 0 radical (unpaired) electrons. The van der Waals surface area contributed by atoms with Crippen molar-refractivity contribution in [2.45, 2.75) is 45.3 Å². The van der Waals surface area contributed by atoms with E-state index in [0.29, 0.717) is 15.6 Å². The standard InChI is InChI=1S/C30H35Cl2N3O5S/c1-30(2,3)33-29(37)26(17-21-11-7-6-8-12-21)34(19-22-15-16-23(31)18-24(22)32)28(36)20-35(41(5,38)39)25-13-9-10-14-27(25)40-4/h6-16,18,26H,17,19-20H2,1-5H3,(H,33,37). The van der Waals surface area contributed by atoms with Crippen LogP contribution in [0.15, 0.2) is 72.8 Å². The zero-order chi connectivity index (χ0) is 30.4. The minimum absolute atomic E-state index is 0.0621. The molecule has 41 heavy (non-hydrogen) atoms. The molecule has 1 unspecified atom stereocenters. The molecule has 11 heteroatoms. The Labute approximate surface area is 252 Å². The highest BCUT2D eigenvalue weighted by molar-refractivity contribution is 7.92. The molecule has 3 aromatic carbocycles. The van der Waals surface area contributed by atoms with Gasteiger partial charge in [0.25, 0.3) is 0 Å². The van der Waals surface area contributed by atoms with E-state index in [9.17, 15) is 18.0 Å². The molecule has 0 aliphatic rings. The van der Waals surface area contributed by atoms with Gasteiger partial charge in [-0.25, -0.2) is 8.42 Å². The van der Waals surface area contributed by atoms with Crippen LogP contribution in [0.5, 0.6) is 5.75 Å². The predicted molar refractivity (Wildman–Crippen MR) is 164 cm³/mol. The Hall–Kier alpha value is -3.27. The van der Waals surface area contributed by atoms with Crippen molar-refractivity contribution in [2.24, 2.45) is 0 Å². The maximum absolute atomic E-state index is 14.2. The molecule has 0 spiro atoms. The fourth-order valence-corrected chi connectivity index (χ4v) is 5.59. The van der Waals surface area contributed by atoms with Gasteiger partial charge in [0.15, 0.2) is 0 Å². The van der Waals surface area contributed by atoms with Crippen molar-refractivity contribution >= 4 is 50.7 Å². The summed E-state index contributed by atoms with van der Waals surface area (Å²) in [5.74, 6) is -0.704. The monoisotopic (exact) mass is 619 g/mol. The lowest BCUT2D eigenvalue weighted by Crippen LogP contribution is -2.56. The van der Waals surface area contributed by atoms with Crippen molar-refractivity contribution < 1.29 is 22.7 Å². The normalized spacial score (nSPS) is 12.4. The van der Waals surface area contributed by atoms with Crippen molar-refractivity contribution in [1.82, 2.24) is 10.2 Å². The van der Waals surface area contributed by atoms with Gasteiger partial charge < -0.3 is 15.0 Å². The Morgan fingerprint density at radius 1 is 0.976 bits per heavy atom. The lowest BCUT2D eigenvalue weighted by molar-refractivity contribution is -0.140. The number of anilines is 1. The summed E-state index contributed by atoms with van der Waals surface area (Å²) in [6, 6.07) is 19.7. The van der Waals surface area contributed by atoms with Crippen molar-refractivity contribution in [2.75, 3.05) is 24.2 Å². The van der Waals surface area contributed by atoms with Crippen molar-refractivity contribution in [3.63, 3.8) is 0 Å². The van der Waals surface area contributed by atoms with Gasteiger partial charge >= 0.3 is 0 Å². The van der Waals surface area contributed by atoms with Crippen molar-refractivity contribution in [3.8, 4) is 5.75 Å². The lowest BCUT2D eigenvalue weighted by Gasteiger charge is -2.35. The smallest absolute Gasteiger partial charge is 0.244 e. The minimum atomic E-state index is -3.94. The molecule has 1 N–H and O–H groups in total. The van der Waals surface area contributed by atoms with Crippen molar-refractivity contribution in [1.29, 1.82) is 0 Å². The second-order valence-corrected chi connectivity index (χ2v) is 13.4. The number of para-hydroxylation sites is 2. The van der Waals surface area contributed by atoms with Crippen molar-refractivity contribution in [3.05, 3.63) is 94.0 Å². The number of nitrogens with zero attached hydrogens (tertiary/aromatic N) is 2. The molecule has 8 nitrogen and oxygen atoms in total. The Kier molecular flexibility index (Phi) is 10.7. The van der Waals surface area contributed by atoms with E-state index in [1.54, 1.807) is 42.5 Å². The Morgan fingerprint density at radius 2 is 1.61 bits per heavy atom. The molecule has 3 rings (SSSR count). The number of hydrogen-bond acceptors (Lipinski definition) is 5. The fraction of sp³-hybridized carbons (Fsp3) is 0.333. The van der Waals surface area contributed by atoms with E-state index in [-0.39, 0.29) is 30.3 Å². The van der Waals surface area contributed by atoms with Gasteiger partial charge in [-0.05, 0) is 56.2 Å². The highest BCUT2D eigenvalue weighted by Crippen LogP contribution is 2.30. The minimum Gasteiger partial charge on any atom is -0.495 e. The van der Waals surface area contributed by atoms with Gasteiger partial charge in [0.2, 0.25) is 21.8 Å². The topological polar surface area (TPSA) is 96.0 Å². The average Bonchev–Trinajstić information content (AvgIpc) is 2.89. The average molecular weight is 621 g/mol. The number of nitrogens with one attached hydrogen (secondary N) is 1. The third-order valence-electron chi connectivity index (χ3n) is 6.16. The number of ether oxygens (including phenoxy) is 1. The fourth-order valence-electron chi connectivity index (χ4n) is 4.27. The van der Waals surface area contributed by atoms with Crippen LogP contribution in [0.4, 0.5) is 5.69 Å². The second kappa shape index (κ2) is 13.6. The molecular formula is C30H35Cl2N3O5S. The second-order valence-electron chi connectivity index (χ2n) is 10.6. The summed E-state index contributed by atoms with van der Waals surface area (Å²) in [5, 5.41) is 3.71. The van der Waals surface area contributed by atoms with Crippen LogP contribution in [-0.2, 0) is 32.6 Å². The number of sulfonamides is 1. The van der Waals surface area contributed by atoms with Gasteiger partial charge in [-0.15, -0.1) is 0 Å². The zero-order valence-corrected chi connectivity index (χ0v) is 26.1. The molecule has 0 aliphatic heterocycles. The molecule has 0 saturated carbocycles. The summed E-state index contributed by atoms with van der Waals surface area (Å²) in [5.41, 5.74) is 0.990. The molecule has 0 aromatic heterocycles. The first kappa shape index (κ1) is 32.2. The van der Waals surface area contributed by atoms with Crippen LogP contribution in [0.2, 0.25) is 10.0 Å². The van der Waals surface area contributed by atoms with Crippen LogP contribution in [0.3, 0.4) is 0 Å². The Balaban J connectivity index is 2.12. The molecular weight excluding hydrogens is 585 g/mol. The maximum Gasteiger partial charge on any atom is 0.244 e. The first-order valence-electron chi connectivity index (χ1n) is 12.9. The van der Waals surface area contributed by atoms with Crippen LogP contribution in [-0.4, -0.2) is 56.6 Å². The van der Waals surface area contributed by atoms with E-state index in [4.69, 9.17) is 27.9 Å². The molecule has 0 bridgehead atoms. The van der Waals surface area contributed by atoms with Gasteiger partial charge in [0.1, 0.15) is 18.3 Å². The molecule has 0 aliphatic carbocycles. The Morgan fingerprint density at radius 3 is 2.20 bits per heavy atom. The third-order valence-corrected chi connectivity index (χ3v) is 7.87. The number of halogens is 2. The number of carbonyl (C=O) groups is 2. The summed E-state index contributed by atoms with van der Waals surface area (Å²) in [6.07, 6.45) is 1.20. The van der Waals surface area contributed by atoms with E-state index in [0.717, 1.165) is 16.1 Å². The number of hydrogen-bond donors (Lipinski definition) is 1. The molecule has 1 atom stereocenters. The summed E-state index contributed by atoms with van der Waals surface area (Å²) in [7, 11) is -2.52. The number of carbonyl (C=O) groups excluding carboxylic acids is 2. The van der Waals surface area contributed by atoms with E-state index in [1.807, 2.05) is 51.1 Å². The van der Waals surface area contributed by atoms with Crippen LogP contribution >= 0.6 is 23.2 Å². The highest BCUT2D eigenvalue weighted by Gasteiger charge is 2.35. The molecule has 220 valence electrons. The third kappa shape index (κ3) is 9.11. The summed E-state index contributed by atoms with van der Waals surface area (Å²) in [4.78, 5) is 29.3. The molecule has 0 heterocycles. The summed E-state index contributed by atoms with van der Waals surface area (Å²) < 4.78 is 32.3. The largest absolute Gasteiger partial charge is 0.495 e. The summed E-state index contributed by atoms with van der Waals surface area (Å²) >= 11 is 12.6. The van der Waals surface area contributed by atoms with E-state index < -0.39 is 34.1 Å². The van der Waals surface area contributed by atoms with Crippen LogP contribution in [0, 0.1) is 0 Å². The number of amides is 2. The summed E-state index contributed by atoms with van der Waals surface area (Å²) in [6.45, 7) is 4.91. The highest BCUT2D eigenvalue weighted by atomic mass is 35.5. The zero-order valence-electron chi connectivity index (χ0n) is 23.7. The molecule has 0 fully saturated rings. The van der Waals surface area contributed by atoms with Crippen LogP contribution < -0.4 is 14.4 Å². The molecule has 3 aromatic rings. The van der Waals surface area contributed by atoms with E-state index >= 15 is 0 Å². The quantitative estimate of drug-likeness (QED) is 0.313. The van der Waals surface area contributed by atoms with Gasteiger partial charge in [-0.1, -0.05) is 71.7 Å². The van der Waals surface area contributed by atoms with Crippen LogP contribution in [0.25, 0.3) is 0 Å². The number of rotatable bonds is 11. The van der Waals surface area contributed by atoms with Crippen LogP contribution in [0.1, 0.15) is 31.9 Å². The van der Waals surface area contributed by atoms with E-state index in [1.165, 1.54) is 12.0 Å². The molecule has 0 saturated heterocycles. The predicted octanol–water partition coefficient (Wildman–Crippen LogP) is 5.32. The number of methoxy groups -OCH3 is 1. The number of benzene rings is 3. The van der Waals surface area contributed by atoms with Gasteiger partial charge in [0.05, 0.1) is 19.1 Å². The maximum atomic E-state index is 14.2. The SMILES string of the molecule is COc1ccccc1N(CC(=O)N(Cc1ccc(Cl)cc1Cl)C(Cc1ccccc1)C(=O)NC(C)(C)C)S(C)(=O)=O.